The van der Waals surface area contributed by atoms with E-state index in [1.54, 1.807) is 0 Å². The van der Waals surface area contributed by atoms with E-state index in [1.807, 2.05) is 20.8 Å². The molecule has 0 aromatic heterocycles. The van der Waals surface area contributed by atoms with Crippen LogP contribution in [0.3, 0.4) is 0 Å². The SMILES string of the molecule is CC(C)C1(C)CC(=O)N(CCC2CCCCN2)C1=O. The van der Waals surface area contributed by atoms with Gasteiger partial charge in [-0.3, -0.25) is 14.5 Å². The van der Waals surface area contributed by atoms with Crippen LogP contribution in [-0.2, 0) is 9.59 Å². The highest BCUT2D eigenvalue weighted by atomic mass is 16.2. The van der Waals surface area contributed by atoms with Crippen molar-refractivity contribution in [2.24, 2.45) is 11.3 Å². The standard InChI is InChI=1S/C15H26N2O2/c1-11(2)15(3)10-13(18)17(14(15)19)9-7-12-6-4-5-8-16-12/h11-12,16H,4-10H2,1-3H3. The molecule has 0 aliphatic carbocycles. The summed E-state index contributed by atoms with van der Waals surface area (Å²) < 4.78 is 0. The number of piperidine rings is 1. The second kappa shape index (κ2) is 5.61. The molecule has 0 saturated carbocycles. The van der Waals surface area contributed by atoms with Gasteiger partial charge in [0.2, 0.25) is 11.8 Å². The van der Waals surface area contributed by atoms with Gasteiger partial charge in [-0.15, -0.1) is 0 Å². The summed E-state index contributed by atoms with van der Waals surface area (Å²) in [5.41, 5.74) is -0.489. The van der Waals surface area contributed by atoms with Gasteiger partial charge in [-0.05, 0) is 38.6 Å². The first-order valence-electron chi connectivity index (χ1n) is 7.53. The average molecular weight is 266 g/mol. The molecule has 1 N–H and O–H groups in total. The van der Waals surface area contributed by atoms with Crippen LogP contribution in [0.2, 0.25) is 0 Å². The first kappa shape index (κ1) is 14.5. The summed E-state index contributed by atoms with van der Waals surface area (Å²) in [6.07, 6.45) is 4.93. The lowest BCUT2D eigenvalue weighted by Gasteiger charge is -2.28. The monoisotopic (exact) mass is 266 g/mol. The Labute approximate surface area is 115 Å². The van der Waals surface area contributed by atoms with Crippen LogP contribution < -0.4 is 5.32 Å². The van der Waals surface area contributed by atoms with Crippen LogP contribution >= 0.6 is 0 Å². The molecular weight excluding hydrogens is 240 g/mol. The number of rotatable bonds is 4. The lowest BCUT2D eigenvalue weighted by atomic mass is 9.78. The molecule has 2 amide bonds. The predicted molar refractivity (Wildman–Crippen MR) is 74.5 cm³/mol. The van der Waals surface area contributed by atoms with Gasteiger partial charge in [0, 0.05) is 19.0 Å². The maximum absolute atomic E-state index is 12.4. The highest BCUT2D eigenvalue weighted by Gasteiger charge is 2.49. The first-order valence-corrected chi connectivity index (χ1v) is 7.53. The van der Waals surface area contributed by atoms with E-state index in [-0.39, 0.29) is 17.7 Å². The fourth-order valence-corrected chi connectivity index (χ4v) is 3.04. The van der Waals surface area contributed by atoms with Crippen molar-refractivity contribution in [3.63, 3.8) is 0 Å². The Morgan fingerprint density at radius 3 is 2.63 bits per heavy atom. The summed E-state index contributed by atoms with van der Waals surface area (Å²) in [4.78, 5) is 26.0. The number of carbonyl (C=O) groups excluding carboxylic acids is 2. The van der Waals surface area contributed by atoms with Crippen molar-refractivity contribution < 1.29 is 9.59 Å². The highest BCUT2D eigenvalue weighted by molar-refractivity contribution is 6.05. The topological polar surface area (TPSA) is 49.4 Å². The maximum Gasteiger partial charge on any atom is 0.235 e. The number of hydrogen-bond acceptors (Lipinski definition) is 3. The number of amides is 2. The summed E-state index contributed by atoms with van der Waals surface area (Å²) in [6, 6.07) is 0.472. The van der Waals surface area contributed by atoms with E-state index in [9.17, 15) is 9.59 Å². The van der Waals surface area contributed by atoms with Gasteiger partial charge >= 0.3 is 0 Å². The molecule has 4 heteroatoms. The van der Waals surface area contributed by atoms with Crippen molar-refractivity contribution in [2.45, 2.75) is 58.9 Å². The number of nitrogens with one attached hydrogen (secondary N) is 1. The second-order valence-corrected chi connectivity index (χ2v) is 6.53. The lowest BCUT2D eigenvalue weighted by molar-refractivity contribution is -0.142. The van der Waals surface area contributed by atoms with Gasteiger partial charge in [0.25, 0.3) is 0 Å². The van der Waals surface area contributed by atoms with Crippen molar-refractivity contribution in [3.05, 3.63) is 0 Å². The van der Waals surface area contributed by atoms with Crippen LogP contribution in [0.5, 0.6) is 0 Å². The average Bonchev–Trinajstić information content (AvgIpc) is 2.61. The van der Waals surface area contributed by atoms with Gasteiger partial charge in [-0.1, -0.05) is 20.3 Å². The molecule has 0 bridgehead atoms. The maximum atomic E-state index is 12.4. The Kier molecular flexibility index (Phi) is 4.29. The molecule has 0 spiro atoms. The van der Waals surface area contributed by atoms with Crippen molar-refractivity contribution >= 4 is 11.8 Å². The lowest BCUT2D eigenvalue weighted by Crippen LogP contribution is -2.41. The van der Waals surface area contributed by atoms with Crippen LogP contribution in [0.15, 0.2) is 0 Å². The molecule has 2 rings (SSSR count). The Morgan fingerprint density at radius 2 is 2.11 bits per heavy atom. The van der Waals surface area contributed by atoms with E-state index in [0.717, 1.165) is 19.4 Å². The third-order valence-electron chi connectivity index (χ3n) is 4.94. The fraction of sp³-hybridized carbons (Fsp3) is 0.867. The Hall–Kier alpha value is -0.900. The van der Waals surface area contributed by atoms with E-state index < -0.39 is 5.41 Å². The number of hydrogen-bond donors (Lipinski definition) is 1. The van der Waals surface area contributed by atoms with E-state index in [2.05, 4.69) is 5.32 Å². The highest BCUT2D eigenvalue weighted by Crippen LogP contribution is 2.39. The Morgan fingerprint density at radius 1 is 1.37 bits per heavy atom. The van der Waals surface area contributed by atoms with Crippen LogP contribution in [0.1, 0.15) is 52.9 Å². The van der Waals surface area contributed by atoms with Gasteiger partial charge in [0.05, 0.1) is 5.41 Å². The molecular formula is C15H26N2O2. The Bertz CT molecular complexity index is 361. The second-order valence-electron chi connectivity index (χ2n) is 6.53. The van der Waals surface area contributed by atoms with Crippen LogP contribution in [0, 0.1) is 11.3 Å². The minimum atomic E-state index is -0.489. The van der Waals surface area contributed by atoms with Gasteiger partial charge in [0.1, 0.15) is 0 Å². The zero-order chi connectivity index (χ0) is 14.0. The first-order chi connectivity index (χ1) is 8.95. The number of nitrogens with zero attached hydrogens (tertiary/aromatic N) is 1. The van der Waals surface area contributed by atoms with Gasteiger partial charge in [-0.2, -0.15) is 0 Å². The van der Waals surface area contributed by atoms with E-state index >= 15 is 0 Å². The van der Waals surface area contributed by atoms with Crippen molar-refractivity contribution in [3.8, 4) is 0 Å². The van der Waals surface area contributed by atoms with Crippen LogP contribution in [-0.4, -0.2) is 35.8 Å². The predicted octanol–water partition coefficient (Wildman–Crippen LogP) is 1.94. The summed E-state index contributed by atoms with van der Waals surface area (Å²) in [5, 5.41) is 3.47. The van der Waals surface area contributed by atoms with E-state index in [4.69, 9.17) is 0 Å². The molecule has 0 aromatic rings. The van der Waals surface area contributed by atoms with Crippen LogP contribution in [0.25, 0.3) is 0 Å². The smallest absolute Gasteiger partial charge is 0.235 e. The molecule has 4 nitrogen and oxygen atoms in total. The minimum Gasteiger partial charge on any atom is -0.314 e. The van der Waals surface area contributed by atoms with E-state index in [1.165, 1.54) is 17.7 Å². The number of likely N-dealkylation sites (tertiary alicyclic amines) is 1. The van der Waals surface area contributed by atoms with Crippen molar-refractivity contribution in [1.82, 2.24) is 10.2 Å². The molecule has 2 atom stereocenters. The third kappa shape index (κ3) is 2.83. The normalized spacial score (nSPS) is 32.4. The molecule has 2 heterocycles. The molecule has 0 aromatic carbocycles. The van der Waals surface area contributed by atoms with Crippen molar-refractivity contribution in [2.75, 3.05) is 13.1 Å². The molecule has 2 unspecified atom stereocenters. The summed E-state index contributed by atoms with van der Waals surface area (Å²) >= 11 is 0. The molecule has 0 radical (unpaired) electrons. The number of carbonyl (C=O) groups is 2. The van der Waals surface area contributed by atoms with Gasteiger partial charge in [0.15, 0.2) is 0 Å². The van der Waals surface area contributed by atoms with E-state index in [0.29, 0.717) is 19.0 Å². The molecule has 2 saturated heterocycles. The minimum absolute atomic E-state index is 0.0111. The zero-order valence-corrected chi connectivity index (χ0v) is 12.4. The van der Waals surface area contributed by atoms with Crippen molar-refractivity contribution in [1.29, 1.82) is 0 Å². The van der Waals surface area contributed by atoms with Gasteiger partial charge in [-0.25, -0.2) is 0 Å². The largest absolute Gasteiger partial charge is 0.314 e. The van der Waals surface area contributed by atoms with Gasteiger partial charge < -0.3 is 5.32 Å². The molecule has 108 valence electrons. The quantitative estimate of drug-likeness (QED) is 0.791. The fourth-order valence-electron chi connectivity index (χ4n) is 3.04. The zero-order valence-electron chi connectivity index (χ0n) is 12.4. The summed E-state index contributed by atoms with van der Waals surface area (Å²) in [7, 11) is 0. The molecule has 2 aliphatic rings. The molecule has 2 fully saturated rings. The summed E-state index contributed by atoms with van der Waals surface area (Å²) in [6.45, 7) is 7.62. The Balaban J connectivity index is 1.93. The number of imide groups is 1. The molecule has 19 heavy (non-hydrogen) atoms. The molecule has 2 aliphatic heterocycles. The van der Waals surface area contributed by atoms with Crippen LogP contribution in [0.4, 0.5) is 0 Å². The summed E-state index contributed by atoms with van der Waals surface area (Å²) in [5.74, 6) is 0.252. The third-order valence-corrected chi connectivity index (χ3v) is 4.94.